The average molecular weight is 290 g/mol. The SMILES string of the molecule is Cc1ccc(O[C@@H](C)C(=O)N[C@H]2CCCCNC2=O)cc1. The van der Waals surface area contributed by atoms with E-state index in [4.69, 9.17) is 4.74 Å². The predicted octanol–water partition coefficient (Wildman–Crippen LogP) is 1.55. The molecule has 2 atom stereocenters. The highest BCUT2D eigenvalue weighted by Crippen LogP contribution is 2.13. The molecule has 21 heavy (non-hydrogen) atoms. The molecule has 0 bridgehead atoms. The first-order valence-electron chi connectivity index (χ1n) is 7.37. The van der Waals surface area contributed by atoms with Gasteiger partial charge in [-0.05, 0) is 45.2 Å². The maximum absolute atomic E-state index is 12.1. The molecule has 0 aliphatic carbocycles. The summed E-state index contributed by atoms with van der Waals surface area (Å²) in [5, 5.41) is 5.56. The Bertz CT molecular complexity index is 499. The van der Waals surface area contributed by atoms with Gasteiger partial charge in [0, 0.05) is 6.54 Å². The van der Waals surface area contributed by atoms with Gasteiger partial charge in [-0.25, -0.2) is 0 Å². The van der Waals surface area contributed by atoms with Crippen LogP contribution in [0.15, 0.2) is 24.3 Å². The standard InChI is InChI=1S/C16H22N2O3/c1-11-6-8-13(9-7-11)21-12(2)15(19)18-14-5-3-4-10-17-16(14)20/h6-9,12,14H,3-5,10H2,1-2H3,(H,17,20)(H,18,19)/t12-,14-/m0/s1. The van der Waals surface area contributed by atoms with Crippen molar-refractivity contribution in [2.75, 3.05) is 6.54 Å². The molecule has 2 amide bonds. The Morgan fingerprint density at radius 3 is 2.76 bits per heavy atom. The van der Waals surface area contributed by atoms with Crippen LogP contribution in [-0.2, 0) is 9.59 Å². The molecule has 1 aromatic rings. The van der Waals surface area contributed by atoms with Gasteiger partial charge in [-0.1, -0.05) is 17.7 Å². The Morgan fingerprint density at radius 1 is 1.33 bits per heavy atom. The maximum atomic E-state index is 12.1. The maximum Gasteiger partial charge on any atom is 0.261 e. The van der Waals surface area contributed by atoms with Gasteiger partial charge >= 0.3 is 0 Å². The van der Waals surface area contributed by atoms with E-state index in [-0.39, 0.29) is 11.8 Å². The second-order valence-corrected chi connectivity index (χ2v) is 5.42. The molecule has 0 saturated carbocycles. The van der Waals surface area contributed by atoms with Gasteiger partial charge in [0.25, 0.3) is 5.91 Å². The van der Waals surface area contributed by atoms with E-state index in [2.05, 4.69) is 10.6 Å². The normalized spacial score (nSPS) is 20.1. The van der Waals surface area contributed by atoms with E-state index in [0.717, 1.165) is 18.4 Å². The molecule has 0 radical (unpaired) electrons. The number of hydrogen-bond donors (Lipinski definition) is 2. The van der Waals surface area contributed by atoms with Gasteiger partial charge in [0.1, 0.15) is 11.8 Å². The summed E-state index contributed by atoms with van der Waals surface area (Å²) in [4.78, 5) is 23.9. The van der Waals surface area contributed by atoms with E-state index in [1.165, 1.54) is 0 Å². The van der Waals surface area contributed by atoms with Gasteiger partial charge in [0.05, 0.1) is 0 Å². The van der Waals surface area contributed by atoms with E-state index >= 15 is 0 Å². The highest BCUT2D eigenvalue weighted by molar-refractivity contribution is 5.89. The highest BCUT2D eigenvalue weighted by atomic mass is 16.5. The van der Waals surface area contributed by atoms with Crippen LogP contribution < -0.4 is 15.4 Å². The largest absolute Gasteiger partial charge is 0.481 e. The number of ether oxygens (including phenoxy) is 1. The van der Waals surface area contributed by atoms with Crippen LogP contribution >= 0.6 is 0 Å². The van der Waals surface area contributed by atoms with Crippen LogP contribution in [0.5, 0.6) is 5.75 Å². The van der Waals surface area contributed by atoms with Crippen LogP contribution in [0, 0.1) is 6.92 Å². The van der Waals surface area contributed by atoms with E-state index in [0.29, 0.717) is 18.7 Å². The summed E-state index contributed by atoms with van der Waals surface area (Å²) in [6.45, 7) is 4.36. The number of rotatable bonds is 4. The zero-order valence-electron chi connectivity index (χ0n) is 12.5. The molecule has 0 aromatic heterocycles. The molecule has 5 heteroatoms. The van der Waals surface area contributed by atoms with Crippen molar-refractivity contribution in [3.8, 4) is 5.75 Å². The van der Waals surface area contributed by atoms with Gasteiger partial charge in [-0.3, -0.25) is 9.59 Å². The quantitative estimate of drug-likeness (QED) is 0.884. The number of benzene rings is 1. The van der Waals surface area contributed by atoms with Crippen molar-refractivity contribution in [1.29, 1.82) is 0 Å². The third-order valence-corrected chi connectivity index (χ3v) is 3.55. The minimum Gasteiger partial charge on any atom is -0.481 e. The Kier molecular flexibility index (Phi) is 5.20. The first-order valence-corrected chi connectivity index (χ1v) is 7.37. The lowest BCUT2D eigenvalue weighted by atomic mass is 10.1. The molecule has 0 spiro atoms. The van der Waals surface area contributed by atoms with Crippen LogP contribution in [0.1, 0.15) is 31.7 Å². The van der Waals surface area contributed by atoms with Crippen LogP contribution in [0.4, 0.5) is 0 Å². The first-order chi connectivity index (χ1) is 10.1. The van der Waals surface area contributed by atoms with Crippen LogP contribution in [0.2, 0.25) is 0 Å². The number of amides is 2. The molecular formula is C16H22N2O3. The third-order valence-electron chi connectivity index (χ3n) is 3.55. The number of nitrogens with one attached hydrogen (secondary N) is 2. The molecule has 1 heterocycles. The summed E-state index contributed by atoms with van der Waals surface area (Å²) in [6.07, 6.45) is 1.92. The molecule has 1 aliphatic rings. The van der Waals surface area contributed by atoms with Crippen molar-refractivity contribution in [3.63, 3.8) is 0 Å². The fourth-order valence-electron chi connectivity index (χ4n) is 2.24. The van der Waals surface area contributed by atoms with Crippen LogP contribution in [-0.4, -0.2) is 30.5 Å². The van der Waals surface area contributed by atoms with Crippen molar-refractivity contribution in [2.24, 2.45) is 0 Å². The van der Waals surface area contributed by atoms with Crippen molar-refractivity contribution < 1.29 is 14.3 Å². The van der Waals surface area contributed by atoms with Gasteiger partial charge < -0.3 is 15.4 Å². The van der Waals surface area contributed by atoms with Crippen molar-refractivity contribution in [2.45, 2.75) is 45.3 Å². The number of aryl methyl sites for hydroxylation is 1. The number of hydrogen-bond acceptors (Lipinski definition) is 3. The second kappa shape index (κ2) is 7.11. The molecule has 1 aliphatic heterocycles. The zero-order valence-corrected chi connectivity index (χ0v) is 12.5. The molecule has 5 nitrogen and oxygen atoms in total. The van der Waals surface area contributed by atoms with Crippen molar-refractivity contribution in [3.05, 3.63) is 29.8 Å². The summed E-state index contributed by atoms with van der Waals surface area (Å²) >= 11 is 0. The Labute approximate surface area is 125 Å². The van der Waals surface area contributed by atoms with Gasteiger partial charge in [0.15, 0.2) is 6.10 Å². The Morgan fingerprint density at radius 2 is 2.05 bits per heavy atom. The van der Waals surface area contributed by atoms with Gasteiger partial charge in [-0.15, -0.1) is 0 Å². The minimum atomic E-state index is -0.635. The topological polar surface area (TPSA) is 67.4 Å². The third kappa shape index (κ3) is 4.48. The smallest absolute Gasteiger partial charge is 0.261 e. The van der Waals surface area contributed by atoms with Crippen molar-refractivity contribution >= 4 is 11.8 Å². The number of carbonyl (C=O) groups is 2. The number of carbonyl (C=O) groups excluding carboxylic acids is 2. The second-order valence-electron chi connectivity index (χ2n) is 5.42. The average Bonchev–Trinajstić information content (AvgIpc) is 2.66. The molecule has 0 unspecified atom stereocenters. The molecule has 2 rings (SSSR count). The lowest BCUT2D eigenvalue weighted by Crippen LogP contribution is -2.49. The summed E-state index contributed by atoms with van der Waals surface area (Å²) in [5.74, 6) is 0.273. The monoisotopic (exact) mass is 290 g/mol. The van der Waals surface area contributed by atoms with E-state index in [1.807, 2.05) is 31.2 Å². The highest BCUT2D eigenvalue weighted by Gasteiger charge is 2.25. The molecule has 1 saturated heterocycles. The summed E-state index contributed by atoms with van der Waals surface area (Å²) < 4.78 is 5.60. The van der Waals surface area contributed by atoms with E-state index < -0.39 is 12.1 Å². The summed E-state index contributed by atoms with van der Waals surface area (Å²) in [6, 6.07) is 7.07. The molecular weight excluding hydrogens is 268 g/mol. The zero-order chi connectivity index (χ0) is 15.2. The molecule has 1 aromatic carbocycles. The Balaban J connectivity index is 1.89. The fraction of sp³-hybridized carbons (Fsp3) is 0.500. The first kappa shape index (κ1) is 15.4. The Hall–Kier alpha value is -2.04. The fourth-order valence-corrected chi connectivity index (χ4v) is 2.24. The summed E-state index contributed by atoms with van der Waals surface area (Å²) in [5.41, 5.74) is 1.13. The lowest BCUT2D eigenvalue weighted by Gasteiger charge is -2.19. The van der Waals surface area contributed by atoms with E-state index in [1.54, 1.807) is 6.92 Å². The lowest BCUT2D eigenvalue weighted by molar-refractivity contribution is -0.132. The van der Waals surface area contributed by atoms with Gasteiger partial charge in [0.2, 0.25) is 5.91 Å². The van der Waals surface area contributed by atoms with E-state index in [9.17, 15) is 9.59 Å². The minimum absolute atomic E-state index is 0.108. The van der Waals surface area contributed by atoms with Crippen LogP contribution in [0.25, 0.3) is 0 Å². The van der Waals surface area contributed by atoms with Gasteiger partial charge in [-0.2, -0.15) is 0 Å². The molecule has 2 N–H and O–H groups in total. The molecule has 1 fully saturated rings. The molecule has 114 valence electrons. The summed E-state index contributed by atoms with van der Waals surface area (Å²) in [7, 11) is 0. The van der Waals surface area contributed by atoms with Crippen LogP contribution in [0.3, 0.4) is 0 Å². The van der Waals surface area contributed by atoms with Crippen molar-refractivity contribution in [1.82, 2.24) is 10.6 Å². The predicted molar refractivity (Wildman–Crippen MR) is 80.1 cm³/mol.